The van der Waals surface area contributed by atoms with Gasteiger partial charge in [-0.2, -0.15) is 4.31 Å². The summed E-state index contributed by atoms with van der Waals surface area (Å²) in [6, 6.07) is 6.71. The van der Waals surface area contributed by atoms with Crippen molar-refractivity contribution in [3.05, 3.63) is 29.8 Å². The molecular weight excluding hydrogens is 266 g/mol. The topological polar surface area (TPSA) is 74.7 Å². The molecule has 1 aliphatic rings. The zero-order valence-electron chi connectivity index (χ0n) is 10.7. The maximum atomic E-state index is 12.4. The first kappa shape index (κ1) is 14.0. The van der Waals surface area contributed by atoms with Crippen LogP contribution in [0.4, 0.5) is 0 Å². The van der Waals surface area contributed by atoms with Gasteiger partial charge in [-0.25, -0.2) is 8.42 Å². The summed E-state index contributed by atoms with van der Waals surface area (Å²) in [6.07, 6.45) is 0.636. The number of sulfonamides is 1. The van der Waals surface area contributed by atoms with Crippen molar-refractivity contribution in [2.24, 2.45) is 5.92 Å². The minimum Gasteiger partial charge on any atom is -0.481 e. The zero-order valence-corrected chi connectivity index (χ0v) is 11.6. The van der Waals surface area contributed by atoms with Crippen molar-refractivity contribution >= 4 is 16.0 Å². The Bertz CT molecular complexity index is 565. The monoisotopic (exact) mass is 283 g/mol. The molecule has 1 heterocycles. The lowest BCUT2D eigenvalue weighted by Crippen LogP contribution is -2.29. The van der Waals surface area contributed by atoms with E-state index in [4.69, 9.17) is 5.11 Å². The molecule has 6 heteroatoms. The van der Waals surface area contributed by atoms with Crippen LogP contribution in [0.2, 0.25) is 0 Å². The Balaban J connectivity index is 2.13. The Kier molecular flexibility index (Phi) is 3.91. The second-order valence-electron chi connectivity index (χ2n) is 4.93. The van der Waals surface area contributed by atoms with E-state index < -0.39 is 16.0 Å². The van der Waals surface area contributed by atoms with Crippen LogP contribution in [0.1, 0.15) is 18.4 Å². The molecule has 2 rings (SSSR count). The molecule has 1 aromatic carbocycles. The molecule has 1 atom stereocenters. The molecule has 104 valence electrons. The molecule has 1 aliphatic heterocycles. The summed E-state index contributed by atoms with van der Waals surface area (Å²) in [5, 5.41) is 8.74. The third kappa shape index (κ3) is 3.13. The first-order chi connectivity index (χ1) is 8.89. The Morgan fingerprint density at radius 2 is 2.00 bits per heavy atom. The normalized spacial score (nSPS) is 20.6. The molecular formula is C13H17NO4S. The molecule has 0 aromatic heterocycles. The maximum absolute atomic E-state index is 12.4. The minimum atomic E-state index is -3.48. The number of rotatable bonds is 4. The van der Waals surface area contributed by atoms with Crippen LogP contribution in [0.3, 0.4) is 0 Å². The second kappa shape index (κ2) is 5.30. The standard InChI is InChI=1S/C13H17NO4S/c1-10-2-4-12(5-3-10)19(17,18)14-7-6-11(9-14)8-13(15)16/h2-5,11H,6-9H2,1H3,(H,15,16). The summed E-state index contributed by atoms with van der Waals surface area (Å²) < 4.78 is 26.1. The lowest BCUT2D eigenvalue weighted by Gasteiger charge is -2.16. The van der Waals surface area contributed by atoms with Crippen molar-refractivity contribution in [2.45, 2.75) is 24.7 Å². The molecule has 1 unspecified atom stereocenters. The van der Waals surface area contributed by atoms with Gasteiger partial charge >= 0.3 is 5.97 Å². The van der Waals surface area contributed by atoms with Crippen molar-refractivity contribution in [3.63, 3.8) is 0 Å². The van der Waals surface area contributed by atoms with Gasteiger partial charge < -0.3 is 5.11 Å². The van der Waals surface area contributed by atoms with Crippen LogP contribution in [0.5, 0.6) is 0 Å². The van der Waals surface area contributed by atoms with Gasteiger partial charge in [0.25, 0.3) is 0 Å². The Labute approximate surface area is 112 Å². The fourth-order valence-electron chi connectivity index (χ4n) is 2.29. The quantitative estimate of drug-likeness (QED) is 0.908. The van der Waals surface area contributed by atoms with Crippen molar-refractivity contribution in [3.8, 4) is 0 Å². The van der Waals surface area contributed by atoms with Gasteiger partial charge in [-0.15, -0.1) is 0 Å². The summed E-state index contributed by atoms with van der Waals surface area (Å²) in [5.41, 5.74) is 1.00. The van der Waals surface area contributed by atoms with Crippen LogP contribution in [0, 0.1) is 12.8 Å². The summed E-state index contributed by atoms with van der Waals surface area (Å²) in [4.78, 5) is 10.9. The molecule has 5 nitrogen and oxygen atoms in total. The van der Waals surface area contributed by atoms with E-state index in [-0.39, 0.29) is 17.2 Å². The molecule has 19 heavy (non-hydrogen) atoms. The van der Waals surface area contributed by atoms with Gasteiger partial charge in [-0.05, 0) is 31.4 Å². The molecule has 0 spiro atoms. The van der Waals surface area contributed by atoms with E-state index in [0.717, 1.165) is 5.56 Å². The minimum absolute atomic E-state index is 0.0277. The highest BCUT2D eigenvalue weighted by molar-refractivity contribution is 7.89. The number of hydrogen-bond acceptors (Lipinski definition) is 3. The summed E-state index contributed by atoms with van der Waals surface area (Å²) in [7, 11) is -3.48. The van der Waals surface area contributed by atoms with Gasteiger partial charge in [0.05, 0.1) is 4.90 Å². The number of hydrogen-bond donors (Lipinski definition) is 1. The predicted molar refractivity (Wildman–Crippen MR) is 70.3 cm³/mol. The number of aliphatic carboxylic acids is 1. The largest absolute Gasteiger partial charge is 0.481 e. The van der Waals surface area contributed by atoms with Gasteiger partial charge in [-0.3, -0.25) is 4.79 Å². The van der Waals surface area contributed by atoms with Crippen molar-refractivity contribution < 1.29 is 18.3 Å². The van der Waals surface area contributed by atoms with Crippen LogP contribution < -0.4 is 0 Å². The number of carboxylic acid groups (broad SMARTS) is 1. The van der Waals surface area contributed by atoms with Crippen LogP contribution in [-0.4, -0.2) is 36.9 Å². The maximum Gasteiger partial charge on any atom is 0.303 e. The van der Waals surface area contributed by atoms with Crippen LogP contribution in [0.25, 0.3) is 0 Å². The molecule has 1 fully saturated rings. The summed E-state index contributed by atoms with van der Waals surface area (Å²) >= 11 is 0. The van der Waals surface area contributed by atoms with Gasteiger partial charge in [-0.1, -0.05) is 17.7 Å². The van der Waals surface area contributed by atoms with E-state index in [9.17, 15) is 13.2 Å². The first-order valence-corrected chi connectivity index (χ1v) is 7.62. The highest BCUT2D eigenvalue weighted by Crippen LogP contribution is 2.26. The fraction of sp³-hybridized carbons (Fsp3) is 0.462. The van der Waals surface area contributed by atoms with Gasteiger partial charge in [0.1, 0.15) is 0 Å². The highest BCUT2D eigenvalue weighted by atomic mass is 32.2. The van der Waals surface area contributed by atoms with E-state index in [1.807, 2.05) is 6.92 Å². The second-order valence-corrected chi connectivity index (χ2v) is 6.87. The molecule has 1 N–H and O–H groups in total. The first-order valence-electron chi connectivity index (χ1n) is 6.18. The molecule has 1 aromatic rings. The van der Waals surface area contributed by atoms with Gasteiger partial charge in [0.2, 0.25) is 10.0 Å². The van der Waals surface area contributed by atoms with E-state index in [1.54, 1.807) is 24.3 Å². The highest BCUT2D eigenvalue weighted by Gasteiger charge is 2.33. The van der Waals surface area contributed by atoms with E-state index in [1.165, 1.54) is 4.31 Å². The van der Waals surface area contributed by atoms with Crippen LogP contribution >= 0.6 is 0 Å². The average molecular weight is 283 g/mol. The van der Waals surface area contributed by atoms with Crippen LogP contribution in [-0.2, 0) is 14.8 Å². The number of carboxylic acids is 1. The smallest absolute Gasteiger partial charge is 0.303 e. The van der Waals surface area contributed by atoms with E-state index in [2.05, 4.69) is 0 Å². The lowest BCUT2D eigenvalue weighted by atomic mass is 10.1. The molecule has 1 saturated heterocycles. The van der Waals surface area contributed by atoms with Gasteiger partial charge in [0, 0.05) is 19.5 Å². The average Bonchev–Trinajstić information content (AvgIpc) is 2.78. The van der Waals surface area contributed by atoms with Crippen LogP contribution in [0.15, 0.2) is 29.2 Å². The van der Waals surface area contributed by atoms with E-state index in [0.29, 0.717) is 19.5 Å². The predicted octanol–water partition coefficient (Wildman–Crippen LogP) is 1.48. The SMILES string of the molecule is Cc1ccc(S(=O)(=O)N2CCC(CC(=O)O)C2)cc1. The lowest BCUT2D eigenvalue weighted by molar-refractivity contribution is -0.137. The Morgan fingerprint density at radius 3 is 2.58 bits per heavy atom. The Hall–Kier alpha value is -1.40. The van der Waals surface area contributed by atoms with Crippen molar-refractivity contribution in [1.82, 2.24) is 4.31 Å². The molecule has 0 amide bonds. The number of carbonyl (C=O) groups is 1. The molecule has 0 bridgehead atoms. The summed E-state index contributed by atoms with van der Waals surface area (Å²) in [6.45, 7) is 2.59. The fourth-order valence-corrected chi connectivity index (χ4v) is 3.82. The number of benzene rings is 1. The molecule has 0 aliphatic carbocycles. The van der Waals surface area contributed by atoms with Crippen molar-refractivity contribution in [2.75, 3.05) is 13.1 Å². The van der Waals surface area contributed by atoms with Gasteiger partial charge in [0.15, 0.2) is 0 Å². The molecule has 0 saturated carbocycles. The third-order valence-corrected chi connectivity index (χ3v) is 5.25. The number of nitrogens with zero attached hydrogens (tertiary/aromatic N) is 1. The number of aryl methyl sites for hydroxylation is 1. The van der Waals surface area contributed by atoms with E-state index >= 15 is 0 Å². The van der Waals surface area contributed by atoms with Crippen molar-refractivity contribution in [1.29, 1.82) is 0 Å². The summed E-state index contributed by atoms with van der Waals surface area (Å²) in [5.74, 6) is -0.961. The zero-order chi connectivity index (χ0) is 14.0. The third-order valence-electron chi connectivity index (χ3n) is 3.37. The molecule has 0 radical (unpaired) electrons. The Morgan fingerprint density at radius 1 is 1.37 bits per heavy atom.